The van der Waals surface area contributed by atoms with Gasteiger partial charge in [-0.1, -0.05) is 24.3 Å². The van der Waals surface area contributed by atoms with Gasteiger partial charge in [0.1, 0.15) is 11.4 Å². The molecule has 0 radical (unpaired) electrons. The summed E-state index contributed by atoms with van der Waals surface area (Å²) in [6, 6.07) is 27.4. The van der Waals surface area contributed by atoms with Crippen LogP contribution in [-0.2, 0) is 10.4 Å². The van der Waals surface area contributed by atoms with Gasteiger partial charge in [-0.2, -0.15) is 0 Å². The smallest absolute Gasteiger partial charge is 0.323 e. The second-order valence-electron chi connectivity index (χ2n) is 12.4. The van der Waals surface area contributed by atoms with Crippen LogP contribution in [0.15, 0.2) is 97.1 Å². The first kappa shape index (κ1) is 37.9. The van der Waals surface area contributed by atoms with Crippen molar-refractivity contribution in [3.63, 3.8) is 0 Å². The minimum Gasteiger partial charge on any atom is -0.759 e. The lowest BCUT2D eigenvalue weighted by atomic mass is 10.2. The zero-order valence-electron chi connectivity index (χ0n) is 27.9. The fourth-order valence-electron chi connectivity index (χ4n) is 4.23. The first-order chi connectivity index (χ1) is 22.8. The van der Waals surface area contributed by atoms with Gasteiger partial charge in [0, 0.05) is 46.0 Å². The second-order valence-corrected chi connectivity index (χ2v) is 13.2. The molecule has 0 saturated carbocycles. The molecule has 0 aliphatic heterocycles. The van der Waals surface area contributed by atoms with Crippen molar-refractivity contribution in [2.75, 3.05) is 74.2 Å². The number of hydrogen-bond acceptors (Lipinski definition) is 7. The van der Waals surface area contributed by atoms with E-state index in [0.29, 0.717) is 43.1 Å². The Morgan fingerprint density at radius 1 is 0.449 bits per heavy atom. The zero-order chi connectivity index (χ0) is 36.4. The Bertz CT molecular complexity index is 1740. The fraction of sp³-hybridized carbons (Fsp3) is 0.182. The third kappa shape index (κ3) is 13.3. The van der Waals surface area contributed by atoms with Crippen LogP contribution in [0.5, 0.6) is 0 Å². The summed E-state index contributed by atoms with van der Waals surface area (Å²) in [6.07, 6.45) is 0. The number of nitrogens with one attached hydrogen (secondary N) is 6. The van der Waals surface area contributed by atoms with Gasteiger partial charge in [-0.15, -0.1) is 0 Å². The van der Waals surface area contributed by atoms with Crippen LogP contribution in [0.1, 0.15) is 0 Å². The van der Waals surface area contributed by atoms with E-state index in [1.807, 2.05) is 48.5 Å². The minimum absolute atomic E-state index is 0.390. The maximum atomic E-state index is 13.0. The van der Waals surface area contributed by atoms with Crippen LogP contribution >= 0.6 is 0 Å². The Labute approximate surface area is 285 Å². The summed E-state index contributed by atoms with van der Waals surface area (Å²) in [5.74, 6) is 0. The molecule has 0 aromatic heterocycles. The monoisotopic (exact) mass is 692 g/mol. The van der Waals surface area contributed by atoms with Gasteiger partial charge in [0.2, 0.25) is 0 Å². The Balaban J connectivity index is 0.00000121. The number of rotatable bonds is 8. The zero-order valence-corrected chi connectivity index (χ0v) is 28.7. The molecule has 260 valence electrons. The van der Waals surface area contributed by atoms with Gasteiger partial charge in [-0.3, -0.25) is 17.4 Å². The van der Waals surface area contributed by atoms with Gasteiger partial charge in [-0.05, 0) is 48.5 Å². The van der Waals surface area contributed by atoms with E-state index in [-0.39, 0.29) is 0 Å². The van der Waals surface area contributed by atoms with Gasteiger partial charge < -0.3 is 41.0 Å². The molecule has 15 nitrogen and oxygen atoms in total. The minimum atomic E-state index is -5.17. The summed E-state index contributed by atoms with van der Waals surface area (Å²) in [6.45, 7) is 0. The summed E-state index contributed by atoms with van der Waals surface area (Å²) in [4.78, 5) is 38.4. The number of amides is 6. The second kappa shape index (κ2) is 16.1. The molecule has 0 atom stereocenters. The van der Waals surface area contributed by atoms with Crippen molar-refractivity contribution in [2.24, 2.45) is 0 Å². The van der Waals surface area contributed by atoms with E-state index < -0.39 is 28.5 Å². The quantitative estimate of drug-likeness (QED) is 0.0774. The van der Waals surface area contributed by atoms with E-state index >= 15 is 0 Å². The molecule has 0 heterocycles. The number of benzene rings is 4. The molecule has 0 aliphatic rings. The normalized spacial score (nSPS) is 11.3. The maximum Gasteiger partial charge on any atom is 0.323 e. The first-order valence-corrected chi connectivity index (χ1v) is 16.0. The molecule has 16 heteroatoms. The summed E-state index contributed by atoms with van der Waals surface area (Å²) in [5.41, 5.74) is 5.06. The highest BCUT2D eigenvalue weighted by molar-refractivity contribution is 7.79. The predicted molar refractivity (Wildman–Crippen MR) is 193 cm³/mol. The van der Waals surface area contributed by atoms with Gasteiger partial charge in [0.25, 0.3) is 0 Å². The van der Waals surface area contributed by atoms with E-state index in [9.17, 15) is 14.4 Å². The van der Waals surface area contributed by atoms with Crippen LogP contribution in [0, 0.1) is 0 Å². The van der Waals surface area contributed by atoms with Crippen molar-refractivity contribution in [3.05, 3.63) is 97.1 Å². The molecule has 0 aliphatic carbocycles. The molecular formula is C33H40N8O7S. The molecule has 0 saturated heterocycles. The topological polar surface area (TPSA) is 204 Å². The summed E-state index contributed by atoms with van der Waals surface area (Å²) in [7, 11) is 7.22. The number of para-hydroxylation sites is 4. The van der Waals surface area contributed by atoms with Crippen LogP contribution in [0.2, 0.25) is 0 Å². The number of carbonyl (C=O) groups is 3. The standard InChI is InChI=1S/C33H38N8O3.H2O4S/c1-40(2,3)25-19-15-23(16-20-25)34-31(42)36-27-11-7-9-13-29(27)38-33(44)39-30-14-10-8-12-28(30)37-32(43)35-24-17-21-26(22-18-24)41(4,5)6;1-5(2,3)4/h7-22H,1-6H3,(H4-2,34,35,36,37,38,39,42,43,44);(H2,1,2,3,4). The van der Waals surface area contributed by atoms with Crippen molar-refractivity contribution in [1.29, 1.82) is 0 Å². The highest BCUT2D eigenvalue weighted by Gasteiger charge is 2.15. The Morgan fingerprint density at radius 3 is 0.898 bits per heavy atom. The number of urea groups is 3. The van der Waals surface area contributed by atoms with Crippen LogP contribution in [0.4, 0.5) is 59.9 Å². The van der Waals surface area contributed by atoms with E-state index in [1.54, 1.807) is 48.5 Å². The third-order valence-electron chi connectivity index (χ3n) is 6.65. The van der Waals surface area contributed by atoms with Gasteiger partial charge in [-0.25, -0.2) is 14.4 Å². The first-order valence-electron chi connectivity index (χ1n) is 14.7. The number of hydrogen-bond donors (Lipinski definition) is 6. The third-order valence-corrected chi connectivity index (χ3v) is 6.65. The Kier molecular flexibility index (Phi) is 12.4. The van der Waals surface area contributed by atoms with E-state index in [2.05, 4.69) is 74.2 Å². The number of nitrogens with zero attached hydrogens (tertiary/aromatic N) is 2. The molecule has 4 aromatic rings. The van der Waals surface area contributed by atoms with Crippen molar-refractivity contribution in [2.45, 2.75) is 0 Å². The molecule has 0 spiro atoms. The van der Waals surface area contributed by atoms with Crippen LogP contribution in [0.25, 0.3) is 0 Å². The Morgan fingerprint density at radius 2 is 0.673 bits per heavy atom. The highest BCUT2D eigenvalue weighted by atomic mass is 32.3. The van der Waals surface area contributed by atoms with Crippen LogP contribution < -0.4 is 40.9 Å². The number of anilines is 6. The van der Waals surface area contributed by atoms with E-state index in [0.717, 1.165) is 11.4 Å². The van der Waals surface area contributed by atoms with E-state index in [4.69, 9.17) is 17.5 Å². The molecule has 6 N–H and O–H groups in total. The number of quaternary nitrogens is 2. The Hall–Kier alpha value is -5.52. The molecule has 4 rings (SSSR count). The molecule has 4 aromatic carbocycles. The molecule has 0 bridgehead atoms. The van der Waals surface area contributed by atoms with Gasteiger partial charge in [0.15, 0.2) is 0 Å². The van der Waals surface area contributed by atoms with E-state index in [1.165, 1.54) is 0 Å². The van der Waals surface area contributed by atoms with Gasteiger partial charge in [0.05, 0.1) is 65.0 Å². The lowest BCUT2D eigenvalue weighted by Crippen LogP contribution is -2.34. The highest BCUT2D eigenvalue weighted by Crippen LogP contribution is 2.26. The van der Waals surface area contributed by atoms with Crippen LogP contribution in [0.3, 0.4) is 0 Å². The maximum absolute atomic E-state index is 13.0. The summed E-state index contributed by atoms with van der Waals surface area (Å²) in [5, 5.41) is 16.7. The van der Waals surface area contributed by atoms with Crippen molar-refractivity contribution >= 4 is 74.0 Å². The average molecular weight is 693 g/mol. The summed E-state index contributed by atoms with van der Waals surface area (Å²) < 4.78 is 35.4. The molecule has 0 fully saturated rings. The van der Waals surface area contributed by atoms with Crippen LogP contribution in [-0.4, -0.2) is 77.9 Å². The molecular weight excluding hydrogens is 652 g/mol. The largest absolute Gasteiger partial charge is 0.759 e. The SMILES string of the molecule is C[N+](C)(C)c1ccc(NC(=O)Nc2ccccc2NC(=O)Nc2ccccc2NC(=O)Nc2ccc([N+](C)(C)C)cc2)cc1.O=S(=O)([O-])[O-]. The lowest BCUT2D eigenvalue weighted by molar-refractivity contribution is 0.261. The average Bonchev–Trinajstić information content (AvgIpc) is 2.98. The predicted octanol–water partition coefficient (Wildman–Crippen LogP) is 5.67. The number of carbonyl (C=O) groups excluding carboxylic acids is 3. The van der Waals surface area contributed by atoms with Crippen molar-refractivity contribution in [1.82, 2.24) is 8.97 Å². The molecule has 0 unspecified atom stereocenters. The molecule has 49 heavy (non-hydrogen) atoms. The lowest BCUT2D eigenvalue weighted by Gasteiger charge is -2.23. The molecule has 6 amide bonds. The van der Waals surface area contributed by atoms with Gasteiger partial charge >= 0.3 is 18.1 Å². The summed E-state index contributed by atoms with van der Waals surface area (Å²) >= 11 is 0. The fourth-order valence-corrected chi connectivity index (χ4v) is 4.23. The van der Waals surface area contributed by atoms with Crippen molar-refractivity contribution in [3.8, 4) is 0 Å². The van der Waals surface area contributed by atoms with Crippen molar-refractivity contribution < 1.29 is 31.9 Å².